The highest BCUT2D eigenvalue weighted by molar-refractivity contribution is 7.13. The minimum atomic E-state index is -0.822. The van der Waals surface area contributed by atoms with Crippen molar-refractivity contribution in [1.82, 2.24) is 9.88 Å². The highest BCUT2D eigenvalue weighted by Crippen LogP contribution is 2.16. The Morgan fingerprint density at radius 2 is 2.05 bits per heavy atom. The molecule has 2 N–H and O–H groups in total. The first kappa shape index (κ1) is 16.4. The number of aryl methyl sites for hydroxylation is 1. The maximum absolute atomic E-state index is 11.8. The van der Waals surface area contributed by atoms with E-state index < -0.39 is 5.97 Å². The van der Waals surface area contributed by atoms with Gasteiger partial charge in [0.1, 0.15) is 0 Å². The van der Waals surface area contributed by atoms with Gasteiger partial charge in [0.25, 0.3) is 0 Å². The Morgan fingerprint density at radius 1 is 1.35 bits per heavy atom. The molecule has 0 fully saturated rings. The smallest absolute Gasteiger partial charge is 0.303 e. The summed E-state index contributed by atoms with van der Waals surface area (Å²) < 4.78 is 0. The molecule has 112 valence electrons. The number of carboxylic acids is 1. The number of carbonyl (C=O) groups is 2. The summed E-state index contributed by atoms with van der Waals surface area (Å²) in [6, 6.07) is 0. The van der Waals surface area contributed by atoms with E-state index in [4.69, 9.17) is 5.11 Å². The fourth-order valence-corrected chi connectivity index (χ4v) is 2.52. The van der Waals surface area contributed by atoms with Gasteiger partial charge in [-0.05, 0) is 13.8 Å². The second-order valence-electron chi connectivity index (χ2n) is 4.28. The topological polar surface area (TPSA) is 82.5 Å². The molecule has 0 saturated carbocycles. The Balaban J connectivity index is 2.32. The standard InChI is InChI=1S/C13H21N3O3S/c1-3-16(4-2)11(17)7-8-14-13-15-10(9-20-13)5-6-12(18)19/h9H,3-8H2,1-2H3,(H,14,15)(H,18,19). The van der Waals surface area contributed by atoms with Crippen LogP contribution in [-0.4, -0.2) is 46.5 Å². The first-order valence-electron chi connectivity index (χ1n) is 6.74. The summed E-state index contributed by atoms with van der Waals surface area (Å²) in [5.41, 5.74) is 0.773. The van der Waals surface area contributed by atoms with Gasteiger partial charge in [0.15, 0.2) is 5.13 Å². The van der Waals surface area contributed by atoms with Crippen LogP contribution in [0.3, 0.4) is 0 Å². The number of carbonyl (C=O) groups excluding carboxylic acids is 1. The monoisotopic (exact) mass is 299 g/mol. The second-order valence-corrected chi connectivity index (χ2v) is 5.14. The molecule has 1 rings (SSSR count). The van der Waals surface area contributed by atoms with Crippen LogP contribution in [0.25, 0.3) is 0 Å². The number of anilines is 1. The molecule has 0 aromatic carbocycles. The number of thiazole rings is 1. The van der Waals surface area contributed by atoms with E-state index in [0.29, 0.717) is 19.4 Å². The van der Waals surface area contributed by atoms with E-state index in [2.05, 4.69) is 10.3 Å². The van der Waals surface area contributed by atoms with Crippen LogP contribution in [0.4, 0.5) is 5.13 Å². The van der Waals surface area contributed by atoms with E-state index in [-0.39, 0.29) is 12.3 Å². The molecule has 1 amide bonds. The van der Waals surface area contributed by atoms with Gasteiger partial charge in [-0.1, -0.05) is 0 Å². The molecule has 0 spiro atoms. The zero-order valence-corrected chi connectivity index (χ0v) is 12.7. The fourth-order valence-electron chi connectivity index (χ4n) is 1.75. The van der Waals surface area contributed by atoms with Gasteiger partial charge in [0, 0.05) is 37.9 Å². The number of hydrogen-bond donors (Lipinski definition) is 2. The maximum atomic E-state index is 11.8. The van der Waals surface area contributed by atoms with E-state index in [1.807, 2.05) is 19.2 Å². The number of nitrogens with one attached hydrogen (secondary N) is 1. The van der Waals surface area contributed by atoms with Crippen molar-refractivity contribution < 1.29 is 14.7 Å². The molecule has 20 heavy (non-hydrogen) atoms. The molecule has 1 aromatic heterocycles. The summed E-state index contributed by atoms with van der Waals surface area (Å²) in [5.74, 6) is -0.692. The molecule has 0 aliphatic rings. The summed E-state index contributed by atoms with van der Waals surface area (Å²) in [7, 11) is 0. The molecule has 0 aliphatic heterocycles. The van der Waals surface area contributed by atoms with Gasteiger partial charge in [0.05, 0.1) is 12.1 Å². The lowest BCUT2D eigenvalue weighted by molar-refractivity contribution is -0.137. The van der Waals surface area contributed by atoms with E-state index in [1.165, 1.54) is 11.3 Å². The molecule has 0 aliphatic carbocycles. The Hall–Kier alpha value is -1.63. The van der Waals surface area contributed by atoms with Gasteiger partial charge < -0.3 is 15.3 Å². The second kappa shape index (κ2) is 8.52. The summed E-state index contributed by atoms with van der Waals surface area (Å²) in [6.45, 7) is 5.92. The number of rotatable bonds is 9. The first-order chi connectivity index (χ1) is 9.56. The molecule has 7 heteroatoms. The summed E-state index contributed by atoms with van der Waals surface area (Å²) in [5, 5.41) is 14.3. The van der Waals surface area contributed by atoms with Crippen molar-refractivity contribution in [2.75, 3.05) is 25.0 Å². The fraction of sp³-hybridized carbons (Fsp3) is 0.615. The van der Waals surface area contributed by atoms with Gasteiger partial charge in [-0.25, -0.2) is 4.98 Å². The van der Waals surface area contributed by atoms with Crippen molar-refractivity contribution in [1.29, 1.82) is 0 Å². The molecule has 6 nitrogen and oxygen atoms in total. The van der Waals surface area contributed by atoms with Crippen molar-refractivity contribution in [2.24, 2.45) is 0 Å². The third-order valence-electron chi connectivity index (χ3n) is 2.88. The van der Waals surface area contributed by atoms with E-state index >= 15 is 0 Å². The van der Waals surface area contributed by atoms with Crippen LogP contribution in [0.15, 0.2) is 5.38 Å². The Kier molecular flexibility index (Phi) is 7.00. The number of aliphatic carboxylic acids is 1. The molecule has 0 unspecified atom stereocenters. The Morgan fingerprint density at radius 3 is 2.65 bits per heavy atom. The van der Waals surface area contributed by atoms with Crippen LogP contribution >= 0.6 is 11.3 Å². The zero-order chi connectivity index (χ0) is 15.0. The number of aromatic nitrogens is 1. The predicted molar refractivity (Wildman–Crippen MR) is 79.1 cm³/mol. The predicted octanol–water partition coefficient (Wildman–Crippen LogP) is 1.83. The third-order valence-corrected chi connectivity index (χ3v) is 3.73. The van der Waals surface area contributed by atoms with Crippen LogP contribution < -0.4 is 5.32 Å². The first-order valence-corrected chi connectivity index (χ1v) is 7.62. The summed E-state index contributed by atoms with van der Waals surface area (Å²) >= 11 is 1.43. The lowest BCUT2D eigenvalue weighted by Crippen LogP contribution is -2.31. The minimum absolute atomic E-state index is 0.0869. The maximum Gasteiger partial charge on any atom is 0.303 e. The quantitative estimate of drug-likeness (QED) is 0.727. The van der Waals surface area contributed by atoms with E-state index in [0.717, 1.165) is 23.9 Å². The van der Waals surface area contributed by atoms with E-state index in [1.54, 1.807) is 4.90 Å². The van der Waals surface area contributed by atoms with Crippen molar-refractivity contribution in [3.05, 3.63) is 11.1 Å². The molecular weight excluding hydrogens is 278 g/mol. The van der Waals surface area contributed by atoms with Crippen LogP contribution in [0.1, 0.15) is 32.4 Å². The molecule has 0 bridgehead atoms. The Labute approximate surface area is 122 Å². The molecule has 1 heterocycles. The molecule has 0 radical (unpaired) electrons. The minimum Gasteiger partial charge on any atom is -0.481 e. The van der Waals surface area contributed by atoms with Crippen molar-refractivity contribution in [3.63, 3.8) is 0 Å². The van der Waals surface area contributed by atoms with Gasteiger partial charge >= 0.3 is 5.97 Å². The van der Waals surface area contributed by atoms with Crippen LogP contribution in [0.5, 0.6) is 0 Å². The average Bonchev–Trinajstić information content (AvgIpc) is 2.86. The normalized spacial score (nSPS) is 10.3. The number of hydrogen-bond acceptors (Lipinski definition) is 5. The van der Waals surface area contributed by atoms with Gasteiger partial charge in [-0.2, -0.15) is 0 Å². The molecule has 0 saturated heterocycles. The van der Waals surface area contributed by atoms with Crippen LogP contribution in [0.2, 0.25) is 0 Å². The molecule has 0 atom stereocenters. The lowest BCUT2D eigenvalue weighted by atomic mass is 10.2. The highest BCUT2D eigenvalue weighted by atomic mass is 32.1. The SMILES string of the molecule is CCN(CC)C(=O)CCNc1nc(CCC(=O)O)cs1. The van der Waals surface area contributed by atoms with Crippen molar-refractivity contribution in [3.8, 4) is 0 Å². The van der Waals surface area contributed by atoms with Gasteiger partial charge in [-0.15, -0.1) is 11.3 Å². The average molecular weight is 299 g/mol. The van der Waals surface area contributed by atoms with Crippen molar-refractivity contribution >= 4 is 28.3 Å². The number of amides is 1. The van der Waals surface area contributed by atoms with Crippen LogP contribution in [-0.2, 0) is 16.0 Å². The largest absolute Gasteiger partial charge is 0.481 e. The zero-order valence-electron chi connectivity index (χ0n) is 11.9. The van der Waals surface area contributed by atoms with Crippen LogP contribution in [0, 0.1) is 0 Å². The number of carboxylic acid groups (broad SMARTS) is 1. The number of nitrogens with zero attached hydrogens (tertiary/aromatic N) is 2. The lowest BCUT2D eigenvalue weighted by Gasteiger charge is -2.18. The van der Waals surface area contributed by atoms with E-state index in [9.17, 15) is 9.59 Å². The summed E-state index contributed by atoms with van der Waals surface area (Å²) in [4.78, 5) is 28.3. The van der Waals surface area contributed by atoms with Crippen molar-refractivity contribution in [2.45, 2.75) is 33.1 Å². The van der Waals surface area contributed by atoms with Gasteiger partial charge in [0.2, 0.25) is 5.91 Å². The Bertz CT molecular complexity index is 444. The summed E-state index contributed by atoms with van der Waals surface area (Å²) in [6.07, 6.45) is 0.960. The molecule has 1 aromatic rings. The van der Waals surface area contributed by atoms with Gasteiger partial charge in [-0.3, -0.25) is 9.59 Å². The third kappa shape index (κ3) is 5.56. The highest BCUT2D eigenvalue weighted by Gasteiger charge is 2.09. The molecular formula is C13H21N3O3S.